The van der Waals surface area contributed by atoms with E-state index in [1.165, 1.54) is 89.9 Å². The average molecular weight is 493 g/mol. The molecule has 1 aliphatic heterocycles. The average Bonchev–Trinajstić information content (AvgIpc) is 2.73. The Morgan fingerprint density at radius 1 is 0.771 bits per heavy atom. The van der Waals surface area contributed by atoms with E-state index in [0.717, 1.165) is 31.4 Å². The second-order valence-electron chi connectivity index (χ2n) is 12.4. The van der Waals surface area contributed by atoms with Crippen LogP contribution in [0.3, 0.4) is 0 Å². The lowest BCUT2D eigenvalue weighted by Gasteiger charge is -2.47. The number of allylic oxidation sites excluding steroid dienone is 1. The molecule has 0 aromatic rings. The van der Waals surface area contributed by atoms with Gasteiger partial charge in [0.05, 0.1) is 6.61 Å². The van der Waals surface area contributed by atoms with Gasteiger partial charge in [0, 0.05) is 28.9 Å². The van der Waals surface area contributed by atoms with E-state index in [1.807, 2.05) is 6.92 Å². The molecule has 1 rings (SSSR count). The largest absolute Gasteiger partial charge is 0.462 e. The molecule has 0 aliphatic carbocycles. The Bertz CT molecular complexity index is 567. The van der Waals surface area contributed by atoms with Crippen LogP contribution in [0, 0.1) is 0 Å². The first-order valence-corrected chi connectivity index (χ1v) is 15.0. The number of hydrogen-bond donors (Lipinski definition) is 2. The molecule has 0 aromatic carbocycles. The zero-order valence-electron chi connectivity index (χ0n) is 24.4. The number of hydrogen-bond acceptors (Lipinski definition) is 4. The van der Waals surface area contributed by atoms with Crippen LogP contribution < -0.4 is 10.6 Å². The normalized spacial score (nSPS) is 17.9. The summed E-state index contributed by atoms with van der Waals surface area (Å²) in [5.74, 6) is -0.219. The summed E-state index contributed by atoms with van der Waals surface area (Å²) >= 11 is 0. The van der Waals surface area contributed by atoms with E-state index in [0.29, 0.717) is 12.6 Å². The molecular weight excluding hydrogens is 432 g/mol. The Morgan fingerprint density at radius 2 is 1.17 bits per heavy atom. The predicted molar refractivity (Wildman–Crippen MR) is 152 cm³/mol. The van der Waals surface area contributed by atoms with Crippen molar-refractivity contribution in [2.45, 2.75) is 174 Å². The van der Waals surface area contributed by atoms with Crippen LogP contribution in [0.4, 0.5) is 0 Å². The van der Waals surface area contributed by atoms with Gasteiger partial charge in [-0.05, 0) is 53.9 Å². The summed E-state index contributed by atoms with van der Waals surface area (Å²) in [6, 6.07) is 0.366. The van der Waals surface area contributed by atoms with E-state index in [2.05, 4.69) is 45.3 Å². The molecule has 0 atom stereocenters. The zero-order chi connectivity index (χ0) is 26.0. The summed E-state index contributed by atoms with van der Waals surface area (Å²) in [5, 5.41) is 7.24. The molecule has 0 aromatic heterocycles. The molecule has 0 spiro atoms. The summed E-state index contributed by atoms with van der Waals surface area (Å²) in [6.07, 6.45) is 25.3. The molecule has 0 bridgehead atoms. The van der Waals surface area contributed by atoms with Gasteiger partial charge in [0.1, 0.15) is 0 Å². The third-order valence-corrected chi connectivity index (χ3v) is 7.20. The van der Waals surface area contributed by atoms with Crippen molar-refractivity contribution in [3.8, 4) is 0 Å². The molecule has 0 saturated carbocycles. The third-order valence-electron chi connectivity index (χ3n) is 7.20. The second-order valence-corrected chi connectivity index (χ2v) is 12.4. The van der Waals surface area contributed by atoms with Crippen LogP contribution in [0.15, 0.2) is 11.8 Å². The third kappa shape index (κ3) is 18.0. The summed E-state index contributed by atoms with van der Waals surface area (Å²) in [4.78, 5) is 12.2. The SMILES string of the molecule is CCCCCCCCCCCCCCCCCCOC(=O)/C=C(/C)NC1CC(C)(C)NC(C)(C)C1. The Hall–Kier alpha value is -1.03. The highest BCUT2D eigenvalue weighted by Crippen LogP contribution is 2.29. The number of rotatable bonds is 20. The van der Waals surface area contributed by atoms with Crippen LogP contribution in [-0.4, -0.2) is 29.7 Å². The summed E-state index contributed by atoms with van der Waals surface area (Å²) in [6.45, 7) is 13.8. The number of carbonyl (C=O) groups excluding carboxylic acids is 1. The lowest BCUT2D eigenvalue weighted by Crippen LogP contribution is -2.61. The van der Waals surface area contributed by atoms with E-state index >= 15 is 0 Å². The lowest BCUT2D eigenvalue weighted by molar-refractivity contribution is -0.137. The van der Waals surface area contributed by atoms with Gasteiger partial charge >= 0.3 is 5.97 Å². The monoisotopic (exact) mass is 492 g/mol. The fourth-order valence-electron chi connectivity index (χ4n) is 5.83. The van der Waals surface area contributed by atoms with Crippen LogP contribution in [0.2, 0.25) is 0 Å². The Morgan fingerprint density at radius 3 is 1.60 bits per heavy atom. The van der Waals surface area contributed by atoms with Crippen molar-refractivity contribution in [2.75, 3.05) is 6.61 Å². The van der Waals surface area contributed by atoms with Gasteiger partial charge in [0.2, 0.25) is 0 Å². The minimum absolute atomic E-state index is 0.0907. The molecule has 1 heterocycles. The van der Waals surface area contributed by atoms with Crippen LogP contribution in [0.1, 0.15) is 157 Å². The van der Waals surface area contributed by atoms with Gasteiger partial charge in [-0.15, -0.1) is 0 Å². The van der Waals surface area contributed by atoms with Crippen LogP contribution >= 0.6 is 0 Å². The molecule has 1 saturated heterocycles. The smallest absolute Gasteiger partial charge is 0.332 e. The first-order valence-electron chi connectivity index (χ1n) is 15.0. The number of piperidine rings is 1. The highest BCUT2D eigenvalue weighted by atomic mass is 16.5. The Kier molecular flexibility index (Phi) is 16.7. The summed E-state index contributed by atoms with van der Waals surface area (Å²) in [7, 11) is 0. The Balaban J connectivity index is 1.95. The molecule has 4 heteroatoms. The van der Waals surface area contributed by atoms with Crippen molar-refractivity contribution in [1.82, 2.24) is 10.6 Å². The number of unbranched alkanes of at least 4 members (excludes halogenated alkanes) is 15. The van der Waals surface area contributed by atoms with Crippen LogP contribution in [-0.2, 0) is 9.53 Å². The van der Waals surface area contributed by atoms with Gasteiger partial charge in [-0.25, -0.2) is 4.79 Å². The van der Waals surface area contributed by atoms with E-state index < -0.39 is 0 Å². The molecule has 1 fully saturated rings. The Labute approximate surface area is 218 Å². The minimum atomic E-state index is -0.219. The maximum absolute atomic E-state index is 12.2. The van der Waals surface area contributed by atoms with Crippen molar-refractivity contribution in [3.63, 3.8) is 0 Å². The standard InChI is InChI=1S/C31H60N2O2/c1-7-8-9-10-11-12-13-14-15-16-17-18-19-20-21-22-23-35-29(34)24-27(2)32-28-25-30(3,4)33-31(5,6)26-28/h24,28,32-33H,7-23,25-26H2,1-6H3/b27-24-. The molecule has 0 radical (unpaired) electrons. The fourth-order valence-corrected chi connectivity index (χ4v) is 5.83. The zero-order valence-corrected chi connectivity index (χ0v) is 24.4. The summed E-state index contributed by atoms with van der Waals surface area (Å²) < 4.78 is 5.44. The van der Waals surface area contributed by atoms with E-state index in [-0.39, 0.29) is 17.0 Å². The topological polar surface area (TPSA) is 50.4 Å². The second kappa shape index (κ2) is 18.3. The summed E-state index contributed by atoms with van der Waals surface area (Å²) in [5.41, 5.74) is 1.08. The van der Waals surface area contributed by atoms with Gasteiger partial charge in [-0.2, -0.15) is 0 Å². The van der Waals surface area contributed by atoms with Gasteiger partial charge in [0.25, 0.3) is 0 Å². The van der Waals surface area contributed by atoms with Gasteiger partial charge in [-0.3, -0.25) is 0 Å². The van der Waals surface area contributed by atoms with E-state index in [9.17, 15) is 4.79 Å². The number of nitrogens with one attached hydrogen (secondary N) is 2. The van der Waals surface area contributed by atoms with Crippen molar-refractivity contribution < 1.29 is 9.53 Å². The van der Waals surface area contributed by atoms with Gasteiger partial charge in [0.15, 0.2) is 0 Å². The van der Waals surface area contributed by atoms with Crippen molar-refractivity contribution in [3.05, 3.63) is 11.8 Å². The lowest BCUT2D eigenvalue weighted by atomic mass is 9.79. The first kappa shape index (κ1) is 32.0. The van der Waals surface area contributed by atoms with Crippen molar-refractivity contribution >= 4 is 5.97 Å². The molecule has 35 heavy (non-hydrogen) atoms. The fraction of sp³-hybridized carbons (Fsp3) is 0.903. The molecule has 0 unspecified atom stereocenters. The first-order chi connectivity index (χ1) is 16.6. The highest BCUT2D eigenvalue weighted by Gasteiger charge is 2.37. The predicted octanol–water partition coefficient (Wildman–Crippen LogP) is 8.59. The number of esters is 1. The minimum Gasteiger partial charge on any atom is -0.462 e. The van der Waals surface area contributed by atoms with Crippen LogP contribution in [0.25, 0.3) is 0 Å². The maximum atomic E-state index is 12.2. The number of ether oxygens (including phenoxy) is 1. The highest BCUT2D eigenvalue weighted by molar-refractivity contribution is 5.82. The molecular formula is C31H60N2O2. The van der Waals surface area contributed by atoms with E-state index in [4.69, 9.17) is 4.74 Å². The molecule has 206 valence electrons. The quantitative estimate of drug-likeness (QED) is 0.101. The molecule has 1 aliphatic rings. The van der Waals surface area contributed by atoms with Crippen molar-refractivity contribution in [1.29, 1.82) is 0 Å². The van der Waals surface area contributed by atoms with Gasteiger partial charge in [-0.1, -0.05) is 103 Å². The molecule has 0 amide bonds. The maximum Gasteiger partial charge on any atom is 0.332 e. The molecule has 2 N–H and O–H groups in total. The van der Waals surface area contributed by atoms with Gasteiger partial charge < -0.3 is 15.4 Å². The van der Waals surface area contributed by atoms with Crippen LogP contribution in [0.5, 0.6) is 0 Å². The molecule has 4 nitrogen and oxygen atoms in total. The van der Waals surface area contributed by atoms with E-state index in [1.54, 1.807) is 6.08 Å². The van der Waals surface area contributed by atoms with Crippen molar-refractivity contribution in [2.24, 2.45) is 0 Å². The number of carbonyl (C=O) groups is 1.